The molecule has 2 aliphatic rings. The van der Waals surface area contributed by atoms with Gasteiger partial charge >= 0.3 is 29.6 Å². The third-order valence-electron chi connectivity index (χ3n) is 6.96. The first kappa shape index (κ1) is 29.4. The van der Waals surface area contributed by atoms with Crippen LogP contribution in [0.2, 0.25) is 0 Å². The maximum Gasteiger partial charge on any atom is 1.00 e. The number of nitrogens with one attached hydrogen (secondary N) is 2. The van der Waals surface area contributed by atoms with Gasteiger partial charge < -0.3 is 17.2 Å². The predicted octanol–water partition coefficient (Wildman–Crippen LogP) is 1.60. The summed E-state index contributed by atoms with van der Waals surface area (Å²) in [5.41, 5.74) is 8.22. The number of aliphatic hydroxyl groups is 1. The molecule has 2 saturated heterocycles. The van der Waals surface area contributed by atoms with Gasteiger partial charge in [0.25, 0.3) is 0 Å². The third kappa shape index (κ3) is 6.63. The van der Waals surface area contributed by atoms with Crippen LogP contribution in [-0.4, -0.2) is 48.5 Å². The van der Waals surface area contributed by atoms with Gasteiger partial charge in [0.2, 0.25) is 0 Å². The van der Waals surface area contributed by atoms with E-state index in [1.807, 2.05) is 17.9 Å². The summed E-state index contributed by atoms with van der Waals surface area (Å²) < 4.78 is 2.42. The van der Waals surface area contributed by atoms with E-state index >= 15 is 0 Å². The molecule has 2 fully saturated rings. The van der Waals surface area contributed by atoms with Crippen LogP contribution in [-0.2, 0) is 4.79 Å². The molecule has 10 heteroatoms. The Balaban J connectivity index is 0.000000241. The fourth-order valence-corrected chi connectivity index (χ4v) is 5.92. The molecule has 4 heterocycles. The van der Waals surface area contributed by atoms with Crippen LogP contribution in [0, 0.1) is 11.8 Å². The van der Waals surface area contributed by atoms with E-state index in [-0.39, 0.29) is 63.5 Å². The van der Waals surface area contributed by atoms with Crippen molar-refractivity contribution in [2.75, 3.05) is 13.1 Å². The Kier molecular flexibility index (Phi) is 10.7. The number of carbonyl (C=O) groups is 1. The number of hydrogen-bond acceptors (Lipinski definition) is 8. The Morgan fingerprint density at radius 1 is 0.917 bits per heavy atom. The maximum absolute atomic E-state index is 11.7. The van der Waals surface area contributed by atoms with Gasteiger partial charge in [-0.3, -0.25) is 4.79 Å². The molecule has 4 aromatic rings. The quantitative estimate of drug-likeness (QED) is 0.342. The van der Waals surface area contributed by atoms with Crippen LogP contribution in [0.3, 0.4) is 0 Å². The molecule has 5 atom stereocenters. The van der Waals surface area contributed by atoms with E-state index in [9.17, 15) is 9.90 Å². The molecule has 0 saturated carbocycles. The number of carbonyl (C=O) groups excluding carboxylic acids is 1. The molecule has 0 spiro atoms. The van der Waals surface area contributed by atoms with Gasteiger partial charge in [0.15, 0.2) is 0 Å². The van der Waals surface area contributed by atoms with Gasteiger partial charge in [0, 0.05) is 45.9 Å². The largest absolute Gasteiger partial charge is 1.00 e. The van der Waals surface area contributed by atoms with Gasteiger partial charge in [-0.25, -0.2) is 9.97 Å². The van der Waals surface area contributed by atoms with E-state index in [0.29, 0.717) is 18.1 Å². The van der Waals surface area contributed by atoms with Crippen molar-refractivity contribution in [3.8, 4) is 0 Å². The maximum atomic E-state index is 11.7. The summed E-state index contributed by atoms with van der Waals surface area (Å²) >= 11 is 3.31. The van der Waals surface area contributed by atoms with Crippen molar-refractivity contribution < 1.29 is 40.9 Å². The molecule has 6 nitrogen and oxygen atoms in total. The van der Waals surface area contributed by atoms with E-state index in [4.69, 9.17) is 0 Å². The average Bonchev–Trinajstić information content (AvgIpc) is 3.51. The fraction of sp³-hybridized carbons (Fsp3) is 0.423. The van der Waals surface area contributed by atoms with E-state index in [2.05, 4.69) is 63.9 Å². The number of piperidine rings is 2. The molecule has 3 N–H and O–H groups in total. The molecule has 2 aliphatic heterocycles. The van der Waals surface area contributed by atoms with E-state index < -0.39 is 0 Å². The van der Waals surface area contributed by atoms with Crippen molar-refractivity contribution in [3.63, 3.8) is 0 Å². The number of aromatic nitrogens is 2. The zero-order valence-electron chi connectivity index (χ0n) is 22.0. The van der Waals surface area contributed by atoms with Crippen molar-refractivity contribution in [2.24, 2.45) is 11.8 Å². The molecule has 183 valence electrons. The first-order chi connectivity index (χ1) is 16.5. The van der Waals surface area contributed by atoms with E-state index in [1.54, 1.807) is 22.7 Å². The van der Waals surface area contributed by atoms with Gasteiger partial charge in [0.1, 0.15) is 5.78 Å². The molecule has 3 radical (unpaired) electrons. The standard InChI is InChI=1S/C13H16N2OS.C13H14N2OS.B.Na.H/c2*1-8-6-14-10(5-12(8)16)9-2-3-13-11(4-9)15-7-17-13;;;/h2-4,7-8,10,12,14,16H,5-6H2,1H3;2-4,7-8,10,14H,5-6H2,1H3;;;/q;;;+1;-1/t8-,10-,12?;8-,10-;;;/m00.../s1. The minimum absolute atomic E-state index is 0. The summed E-state index contributed by atoms with van der Waals surface area (Å²) in [5.74, 6) is 0.843. The second-order valence-electron chi connectivity index (χ2n) is 9.43. The number of thiazole rings is 2. The monoisotopic (exact) mass is 529 g/mol. The Hall–Kier alpha value is -1.17. The van der Waals surface area contributed by atoms with Crippen LogP contribution in [0.4, 0.5) is 0 Å². The van der Waals surface area contributed by atoms with Crippen LogP contribution < -0.4 is 40.2 Å². The van der Waals surface area contributed by atoms with Gasteiger partial charge in [-0.15, -0.1) is 22.7 Å². The Morgan fingerprint density at radius 2 is 1.47 bits per heavy atom. The second-order valence-corrected chi connectivity index (χ2v) is 11.2. The molecule has 1 unspecified atom stereocenters. The summed E-state index contributed by atoms with van der Waals surface area (Å²) in [4.78, 5) is 20.4. The number of aliphatic hydroxyl groups excluding tert-OH is 1. The summed E-state index contributed by atoms with van der Waals surface area (Å²) in [6.45, 7) is 5.71. The second kappa shape index (κ2) is 13.1. The first-order valence-electron chi connectivity index (χ1n) is 11.8. The molecule has 2 aromatic heterocycles. The zero-order chi connectivity index (χ0) is 23.7. The predicted molar refractivity (Wildman–Crippen MR) is 146 cm³/mol. The van der Waals surface area contributed by atoms with Crippen molar-refractivity contribution in [1.29, 1.82) is 0 Å². The average molecular weight is 529 g/mol. The number of rotatable bonds is 2. The number of Topliss-reactive ketones (excluding diaryl/α,β-unsaturated/α-hetero) is 1. The van der Waals surface area contributed by atoms with Crippen molar-refractivity contribution in [1.82, 2.24) is 20.6 Å². The smallest absolute Gasteiger partial charge is 1.00 e. The summed E-state index contributed by atoms with van der Waals surface area (Å²) in [6, 6.07) is 13.1. The molecule has 0 bridgehead atoms. The molecule has 2 aromatic carbocycles. The van der Waals surface area contributed by atoms with Gasteiger partial charge in [-0.1, -0.05) is 26.0 Å². The van der Waals surface area contributed by atoms with Gasteiger partial charge in [-0.2, -0.15) is 0 Å². The van der Waals surface area contributed by atoms with Crippen molar-refractivity contribution >= 4 is 57.3 Å². The Morgan fingerprint density at radius 3 is 2.03 bits per heavy atom. The molecule has 6 rings (SSSR count). The molecular formula is C26H31BN4NaO2S2. The molecule has 36 heavy (non-hydrogen) atoms. The summed E-state index contributed by atoms with van der Waals surface area (Å²) in [7, 11) is 0. The first-order valence-corrected chi connectivity index (χ1v) is 13.6. The van der Waals surface area contributed by atoms with Crippen molar-refractivity contribution in [3.05, 3.63) is 58.5 Å². The van der Waals surface area contributed by atoms with Gasteiger partial charge in [-0.05, 0) is 47.7 Å². The molecule has 0 aliphatic carbocycles. The Bertz CT molecular complexity index is 1310. The zero-order valence-corrected chi connectivity index (χ0v) is 24.6. The fourth-order valence-electron chi connectivity index (χ4n) is 4.60. The number of fused-ring (bicyclic) bond motifs is 2. The SMILES string of the molecule is C[C@H]1CN[C@H](c2ccc3scnc3c2)CC1=O.C[C@H]1CN[C@H](c2ccc3scnc3c2)CC1O.[B].[H-].[Na+]. The minimum Gasteiger partial charge on any atom is -1.00 e. The normalized spacial score (nSPS) is 26.0. The van der Waals surface area contributed by atoms with Gasteiger partial charge in [0.05, 0.1) is 37.6 Å². The van der Waals surface area contributed by atoms with E-state index in [0.717, 1.165) is 30.5 Å². The topological polar surface area (TPSA) is 87.1 Å². The summed E-state index contributed by atoms with van der Waals surface area (Å²) in [6.07, 6.45) is 1.18. The van der Waals surface area contributed by atoms with E-state index in [1.165, 1.54) is 20.5 Å². The van der Waals surface area contributed by atoms with Crippen LogP contribution in [0.15, 0.2) is 47.4 Å². The third-order valence-corrected chi connectivity index (χ3v) is 8.58. The van der Waals surface area contributed by atoms with Crippen LogP contribution in [0.1, 0.15) is 51.3 Å². The minimum atomic E-state index is -0.201. The molecular weight excluding hydrogens is 498 g/mol. The number of ketones is 1. The van der Waals surface area contributed by atoms with Crippen LogP contribution in [0.25, 0.3) is 20.4 Å². The van der Waals surface area contributed by atoms with Crippen LogP contribution >= 0.6 is 22.7 Å². The number of nitrogens with zero attached hydrogens (tertiary/aromatic N) is 2. The summed E-state index contributed by atoms with van der Waals surface area (Å²) in [5, 5.41) is 16.8. The number of hydrogen-bond donors (Lipinski definition) is 3. The Labute approximate surface area is 245 Å². The van der Waals surface area contributed by atoms with Crippen molar-refractivity contribution in [2.45, 2.75) is 44.9 Å². The molecule has 0 amide bonds. The number of benzene rings is 2. The van der Waals surface area contributed by atoms with Crippen LogP contribution in [0.5, 0.6) is 0 Å².